The van der Waals surface area contributed by atoms with Crippen LogP contribution in [0.4, 0.5) is 5.82 Å². The van der Waals surface area contributed by atoms with Gasteiger partial charge in [-0.2, -0.15) is 5.10 Å². The SMILES string of the molecule is Nc1ncnc2c1c(-c1ccc(Oc3ccccc3)cc1)nn2CCCC(=O)NO. The van der Waals surface area contributed by atoms with Gasteiger partial charge in [0.15, 0.2) is 5.65 Å². The van der Waals surface area contributed by atoms with Crippen LogP contribution in [0.1, 0.15) is 12.8 Å². The van der Waals surface area contributed by atoms with Crippen molar-refractivity contribution in [3.8, 4) is 22.8 Å². The molecule has 0 radical (unpaired) electrons. The number of hydroxylamine groups is 1. The first-order valence-electron chi connectivity index (χ1n) is 9.39. The molecule has 0 atom stereocenters. The number of nitrogens with one attached hydrogen (secondary N) is 1. The van der Waals surface area contributed by atoms with Crippen LogP contribution in [0.3, 0.4) is 0 Å². The zero-order chi connectivity index (χ0) is 20.9. The van der Waals surface area contributed by atoms with E-state index in [1.54, 1.807) is 10.2 Å². The number of benzene rings is 2. The normalized spacial score (nSPS) is 10.8. The average molecular weight is 404 g/mol. The number of aromatic nitrogens is 4. The van der Waals surface area contributed by atoms with Gasteiger partial charge in [0.25, 0.3) is 0 Å². The van der Waals surface area contributed by atoms with E-state index in [-0.39, 0.29) is 6.42 Å². The lowest BCUT2D eigenvalue weighted by molar-refractivity contribution is -0.129. The average Bonchev–Trinajstić information content (AvgIpc) is 3.15. The molecule has 0 spiro atoms. The highest BCUT2D eigenvalue weighted by atomic mass is 16.5. The van der Waals surface area contributed by atoms with Gasteiger partial charge < -0.3 is 10.5 Å². The zero-order valence-corrected chi connectivity index (χ0v) is 16.0. The van der Waals surface area contributed by atoms with Crippen LogP contribution in [0, 0.1) is 0 Å². The van der Waals surface area contributed by atoms with Gasteiger partial charge in [-0.15, -0.1) is 0 Å². The zero-order valence-electron chi connectivity index (χ0n) is 16.0. The molecule has 2 aromatic heterocycles. The molecule has 1 amide bonds. The topological polar surface area (TPSA) is 128 Å². The van der Waals surface area contributed by atoms with Crippen molar-refractivity contribution < 1.29 is 14.7 Å². The van der Waals surface area contributed by atoms with Crippen molar-refractivity contribution in [1.29, 1.82) is 0 Å². The summed E-state index contributed by atoms with van der Waals surface area (Å²) in [6.07, 6.45) is 2.03. The van der Waals surface area contributed by atoms with E-state index in [0.29, 0.717) is 41.3 Å². The van der Waals surface area contributed by atoms with Crippen molar-refractivity contribution in [1.82, 2.24) is 25.2 Å². The Morgan fingerprint density at radius 2 is 1.80 bits per heavy atom. The quantitative estimate of drug-likeness (QED) is 0.319. The molecule has 0 unspecified atom stereocenters. The first-order chi connectivity index (χ1) is 14.7. The number of nitrogens with zero attached hydrogens (tertiary/aromatic N) is 4. The van der Waals surface area contributed by atoms with Gasteiger partial charge in [0, 0.05) is 18.5 Å². The van der Waals surface area contributed by atoms with Gasteiger partial charge in [0.2, 0.25) is 5.91 Å². The first kappa shape index (κ1) is 19.3. The van der Waals surface area contributed by atoms with Gasteiger partial charge in [0.05, 0.1) is 5.39 Å². The van der Waals surface area contributed by atoms with Crippen molar-refractivity contribution >= 4 is 22.8 Å². The van der Waals surface area contributed by atoms with E-state index >= 15 is 0 Å². The molecule has 0 saturated heterocycles. The summed E-state index contributed by atoms with van der Waals surface area (Å²) in [4.78, 5) is 19.7. The first-order valence-corrected chi connectivity index (χ1v) is 9.39. The van der Waals surface area contributed by atoms with Gasteiger partial charge in [0.1, 0.15) is 29.3 Å². The molecule has 9 nitrogen and oxygen atoms in total. The van der Waals surface area contributed by atoms with Crippen LogP contribution < -0.4 is 16.0 Å². The molecule has 2 aromatic carbocycles. The molecular weight excluding hydrogens is 384 g/mol. The number of para-hydroxylation sites is 1. The molecule has 30 heavy (non-hydrogen) atoms. The van der Waals surface area contributed by atoms with Crippen LogP contribution in [0.2, 0.25) is 0 Å². The number of carbonyl (C=O) groups excluding carboxylic acids is 1. The molecule has 9 heteroatoms. The predicted octanol–water partition coefficient (Wildman–Crippen LogP) is 3.15. The number of aryl methyl sites for hydroxylation is 1. The maximum atomic E-state index is 11.3. The molecule has 0 aliphatic rings. The van der Waals surface area contributed by atoms with E-state index in [1.807, 2.05) is 54.6 Å². The number of hydrogen-bond acceptors (Lipinski definition) is 7. The van der Waals surface area contributed by atoms with E-state index in [2.05, 4.69) is 15.1 Å². The smallest absolute Gasteiger partial charge is 0.243 e. The standard InChI is InChI=1S/C21H20N6O3/c22-20-18-19(14-8-10-16(11-9-14)30-15-5-2-1-3-6-15)25-27(21(18)24-13-23-20)12-4-7-17(28)26-29/h1-3,5-6,8-11,13,29H,4,7,12H2,(H,26,28)(H2,22,23,24). The number of rotatable bonds is 7. The lowest BCUT2D eigenvalue weighted by Crippen LogP contribution is -2.18. The Bertz CT molecular complexity index is 1160. The number of fused-ring (bicyclic) bond motifs is 1. The van der Waals surface area contributed by atoms with E-state index in [4.69, 9.17) is 15.7 Å². The Kier molecular flexibility index (Phi) is 5.53. The highest BCUT2D eigenvalue weighted by molar-refractivity contribution is 5.98. The Labute approximate surface area is 172 Å². The molecule has 4 rings (SSSR count). The maximum Gasteiger partial charge on any atom is 0.243 e. The van der Waals surface area contributed by atoms with Crippen LogP contribution in [0.15, 0.2) is 60.9 Å². The third kappa shape index (κ3) is 4.06. The molecule has 0 saturated carbocycles. The largest absolute Gasteiger partial charge is 0.457 e. The van der Waals surface area contributed by atoms with E-state index in [0.717, 1.165) is 11.3 Å². The van der Waals surface area contributed by atoms with Gasteiger partial charge in [-0.25, -0.2) is 20.1 Å². The van der Waals surface area contributed by atoms with E-state index in [9.17, 15) is 4.79 Å². The molecule has 0 aliphatic carbocycles. The monoisotopic (exact) mass is 404 g/mol. The second kappa shape index (κ2) is 8.58. The van der Waals surface area contributed by atoms with Crippen molar-refractivity contribution in [3.63, 3.8) is 0 Å². The van der Waals surface area contributed by atoms with Gasteiger partial charge in [-0.1, -0.05) is 18.2 Å². The van der Waals surface area contributed by atoms with Crippen LogP contribution in [-0.4, -0.2) is 30.9 Å². The van der Waals surface area contributed by atoms with Crippen LogP contribution in [0.5, 0.6) is 11.5 Å². The Morgan fingerprint density at radius 3 is 2.53 bits per heavy atom. The highest BCUT2D eigenvalue weighted by Gasteiger charge is 2.17. The number of ether oxygens (including phenoxy) is 1. The summed E-state index contributed by atoms with van der Waals surface area (Å²) in [6.45, 7) is 0.440. The molecule has 152 valence electrons. The Hall–Kier alpha value is -3.98. The van der Waals surface area contributed by atoms with E-state index < -0.39 is 5.91 Å². The molecule has 4 aromatic rings. The van der Waals surface area contributed by atoms with Crippen molar-refractivity contribution in [2.24, 2.45) is 0 Å². The summed E-state index contributed by atoms with van der Waals surface area (Å²) in [6, 6.07) is 17.0. The summed E-state index contributed by atoms with van der Waals surface area (Å²) >= 11 is 0. The number of carbonyl (C=O) groups is 1. The fourth-order valence-electron chi connectivity index (χ4n) is 3.14. The van der Waals surface area contributed by atoms with Gasteiger partial charge in [-0.05, 0) is 42.8 Å². The second-order valence-corrected chi connectivity index (χ2v) is 6.61. The highest BCUT2D eigenvalue weighted by Crippen LogP contribution is 2.32. The molecule has 0 fully saturated rings. The minimum absolute atomic E-state index is 0.166. The van der Waals surface area contributed by atoms with Crippen molar-refractivity contribution in [2.45, 2.75) is 19.4 Å². The minimum Gasteiger partial charge on any atom is -0.457 e. The predicted molar refractivity (Wildman–Crippen MR) is 111 cm³/mol. The molecule has 0 aliphatic heterocycles. The van der Waals surface area contributed by atoms with Crippen LogP contribution >= 0.6 is 0 Å². The van der Waals surface area contributed by atoms with Crippen LogP contribution in [0.25, 0.3) is 22.3 Å². The minimum atomic E-state index is -0.449. The molecular formula is C21H20N6O3. The Morgan fingerprint density at radius 1 is 1.07 bits per heavy atom. The second-order valence-electron chi connectivity index (χ2n) is 6.61. The van der Waals surface area contributed by atoms with Gasteiger partial charge in [-0.3, -0.25) is 10.0 Å². The van der Waals surface area contributed by atoms with Gasteiger partial charge >= 0.3 is 0 Å². The van der Waals surface area contributed by atoms with E-state index in [1.165, 1.54) is 6.33 Å². The summed E-state index contributed by atoms with van der Waals surface area (Å²) in [5.41, 5.74) is 9.82. The number of nitrogen functional groups attached to an aromatic ring is 1. The number of nitrogens with two attached hydrogens (primary N) is 1. The number of hydrogen-bond donors (Lipinski definition) is 3. The summed E-state index contributed by atoms with van der Waals surface area (Å²) in [7, 11) is 0. The Balaban J connectivity index is 1.62. The summed E-state index contributed by atoms with van der Waals surface area (Å²) in [5, 5.41) is 13.9. The lowest BCUT2D eigenvalue weighted by Gasteiger charge is -2.06. The third-order valence-electron chi connectivity index (χ3n) is 4.56. The third-order valence-corrected chi connectivity index (χ3v) is 4.56. The summed E-state index contributed by atoms with van der Waals surface area (Å²) < 4.78 is 7.53. The fourth-order valence-corrected chi connectivity index (χ4v) is 3.14. The number of anilines is 1. The van der Waals surface area contributed by atoms with Crippen molar-refractivity contribution in [2.75, 3.05) is 5.73 Å². The molecule has 4 N–H and O–H groups in total. The number of amides is 1. The molecule has 2 heterocycles. The molecule has 0 bridgehead atoms. The van der Waals surface area contributed by atoms with Crippen LogP contribution in [-0.2, 0) is 11.3 Å². The van der Waals surface area contributed by atoms with Crippen molar-refractivity contribution in [3.05, 3.63) is 60.9 Å². The lowest BCUT2D eigenvalue weighted by atomic mass is 10.1. The summed E-state index contributed by atoms with van der Waals surface area (Å²) in [5.74, 6) is 1.34. The maximum absolute atomic E-state index is 11.3. The fraction of sp³-hybridized carbons (Fsp3) is 0.143.